The predicted molar refractivity (Wildman–Crippen MR) is 90.4 cm³/mol. The zero-order valence-electron chi connectivity index (χ0n) is 12.4. The highest BCUT2D eigenvalue weighted by atomic mass is 79.9. The SMILES string of the molecule is CCCC(NC(=O)c1cccc(C)c1Br)c1ccccc1. The Hall–Kier alpha value is -1.61. The Morgan fingerprint density at radius 3 is 2.52 bits per heavy atom. The Morgan fingerprint density at radius 2 is 1.86 bits per heavy atom. The van der Waals surface area contributed by atoms with Crippen LogP contribution < -0.4 is 5.32 Å². The number of carbonyl (C=O) groups excluding carboxylic acids is 1. The van der Waals surface area contributed by atoms with E-state index in [0.717, 1.165) is 28.4 Å². The normalized spacial score (nSPS) is 12.0. The van der Waals surface area contributed by atoms with Crippen LogP contribution in [-0.2, 0) is 0 Å². The third kappa shape index (κ3) is 3.94. The molecule has 2 aromatic carbocycles. The van der Waals surface area contributed by atoms with Gasteiger partial charge in [-0.15, -0.1) is 0 Å². The molecule has 2 nitrogen and oxygen atoms in total. The van der Waals surface area contributed by atoms with Gasteiger partial charge < -0.3 is 5.32 Å². The van der Waals surface area contributed by atoms with Crippen LogP contribution in [0.25, 0.3) is 0 Å². The number of amides is 1. The van der Waals surface area contributed by atoms with Gasteiger partial charge in [0.15, 0.2) is 0 Å². The van der Waals surface area contributed by atoms with Gasteiger partial charge in [-0.1, -0.05) is 55.8 Å². The molecule has 0 heterocycles. The standard InChI is InChI=1S/C18H20BrNO/c1-3-8-16(14-10-5-4-6-11-14)20-18(21)15-12-7-9-13(2)17(15)19/h4-7,9-12,16H,3,8H2,1-2H3,(H,20,21). The number of hydrogen-bond donors (Lipinski definition) is 1. The summed E-state index contributed by atoms with van der Waals surface area (Å²) in [6.45, 7) is 4.12. The first-order valence-corrected chi connectivity index (χ1v) is 8.03. The van der Waals surface area contributed by atoms with Gasteiger partial charge in [0.2, 0.25) is 0 Å². The molecule has 110 valence electrons. The molecular weight excluding hydrogens is 326 g/mol. The third-order valence-electron chi connectivity index (χ3n) is 3.52. The summed E-state index contributed by atoms with van der Waals surface area (Å²) in [6.07, 6.45) is 1.95. The first kappa shape index (κ1) is 15.8. The lowest BCUT2D eigenvalue weighted by Crippen LogP contribution is -2.28. The molecule has 0 fully saturated rings. The van der Waals surface area contributed by atoms with Crippen LogP contribution in [-0.4, -0.2) is 5.91 Å². The maximum absolute atomic E-state index is 12.5. The smallest absolute Gasteiger partial charge is 0.252 e. The fourth-order valence-electron chi connectivity index (χ4n) is 2.35. The highest BCUT2D eigenvalue weighted by Gasteiger charge is 2.17. The quantitative estimate of drug-likeness (QED) is 0.808. The Balaban J connectivity index is 2.21. The molecular formula is C18H20BrNO. The Bertz CT molecular complexity index is 610. The lowest BCUT2D eigenvalue weighted by atomic mass is 10.0. The van der Waals surface area contributed by atoms with Crippen LogP contribution in [0.4, 0.5) is 0 Å². The fourth-order valence-corrected chi connectivity index (χ4v) is 2.80. The molecule has 1 N–H and O–H groups in total. The summed E-state index contributed by atoms with van der Waals surface area (Å²) in [4.78, 5) is 12.5. The van der Waals surface area contributed by atoms with Crippen LogP contribution in [0.5, 0.6) is 0 Å². The molecule has 0 spiro atoms. The molecule has 0 saturated carbocycles. The zero-order chi connectivity index (χ0) is 15.2. The van der Waals surface area contributed by atoms with Crippen molar-refractivity contribution in [3.05, 3.63) is 69.7 Å². The van der Waals surface area contributed by atoms with Crippen LogP contribution in [0.1, 0.15) is 47.3 Å². The molecule has 0 bridgehead atoms. The molecule has 0 aliphatic carbocycles. The van der Waals surface area contributed by atoms with E-state index in [0.29, 0.717) is 5.56 Å². The first-order valence-electron chi connectivity index (χ1n) is 7.24. The van der Waals surface area contributed by atoms with Crippen LogP contribution in [0.15, 0.2) is 53.0 Å². The molecule has 0 saturated heterocycles. The van der Waals surface area contributed by atoms with E-state index >= 15 is 0 Å². The van der Waals surface area contributed by atoms with E-state index in [1.54, 1.807) is 0 Å². The molecule has 1 atom stereocenters. The highest BCUT2D eigenvalue weighted by molar-refractivity contribution is 9.10. The van der Waals surface area contributed by atoms with Gasteiger partial charge in [0, 0.05) is 4.47 Å². The maximum atomic E-state index is 12.5. The van der Waals surface area contributed by atoms with Crippen molar-refractivity contribution in [1.82, 2.24) is 5.32 Å². The minimum Gasteiger partial charge on any atom is -0.345 e. The molecule has 1 unspecified atom stereocenters. The van der Waals surface area contributed by atoms with E-state index in [4.69, 9.17) is 0 Å². The molecule has 2 rings (SSSR count). The highest BCUT2D eigenvalue weighted by Crippen LogP contribution is 2.23. The first-order chi connectivity index (χ1) is 10.1. The monoisotopic (exact) mass is 345 g/mol. The van der Waals surface area contributed by atoms with Crippen molar-refractivity contribution < 1.29 is 4.79 Å². The van der Waals surface area contributed by atoms with Gasteiger partial charge >= 0.3 is 0 Å². The minimum atomic E-state index is -0.0344. The van der Waals surface area contributed by atoms with Crippen LogP contribution in [0.3, 0.4) is 0 Å². The summed E-state index contributed by atoms with van der Waals surface area (Å²) in [5.41, 5.74) is 2.90. The Kier molecular flexibility index (Phi) is 5.57. The number of aryl methyl sites for hydroxylation is 1. The third-order valence-corrected chi connectivity index (χ3v) is 4.57. The maximum Gasteiger partial charge on any atom is 0.252 e. The summed E-state index contributed by atoms with van der Waals surface area (Å²) in [5, 5.41) is 3.15. The topological polar surface area (TPSA) is 29.1 Å². The summed E-state index contributed by atoms with van der Waals surface area (Å²) < 4.78 is 0.866. The van der Waals surface area contributed by atoms with Crippen molar-refractivity contribution in [1.29, 1.82) is 0 Å². The summed E-state index contributed by atoms with van der Waals surface area (Å²) in [5.74, 6) is -0.0344. The number of carbonyl (C=O) groups is 1. The van der Waals surface area contributed by atoms with Crippen LogP contribution >= 0.6 is 15.9 Å². The largest absolute Gasteiger partial charge is 0.345 e. The summed E-state index contributed by atoms with van der Waals surface area (Å²) in [7, 11) is 0. The Morgan fingerprint density at radius 1 is 1.14 bits per heavy atom. The lowest BCUT2D eigenvalue weighted by Gasteiger charge is -2.19. The van der Waals surface area contributed by atoms with Crippen molar-refractivity contribution in [2.24, 2.45) is 0 Å². The van der Waals surface area contributed by atoms with Crippen LogP contribution in [0, 0.1) is 6.92 Å². The van der Waals surface area contributed by atoms with Gasteiger partial charge in [0.05, 0.1) is 11.6 Å². The van der Waals surface area contributed by atoms with E-state index in [1.807, 2.05) is 43.3 Å². The molecule has 0 aromatic heterocycles. The fraction of sp³-hybridized carbons (Fsp3) is 0.278. The van der Waals surface area contributed by atoms with E-state index < -0.39 is 0 Å². The van der Waals surface area contributed by atoms with Gasteiger partial charge in [0.1, 0.15) is 0 Å². The molecule has 21 heavy (non-hydrogen) atoms. The summed E-state index contributed by atoms with van der Waals surface area (Å²) in [6, 6.07) is 15.9. The van der Waals surface area contributed by atoms with Gasteiger partial charge in [0.25, 0.3) is 5.91 Å². The number of rotatable bonds is 5. The number of benzene rings is 2. The van der Waals surface area contributed by atoms with E-state index in [1.165, 1.54) is 0 Å². The minimum absolute atomic E-state index is 0.0344. The van der Waals surface area contributed by atoms with Gasteiger partial charge in [-0.2, -0.15) is 0 Å². The van der Waals surface area contributed by atoms with Crippen molar-refractivity contribution in [3.63, 3.8) is 0 Å². The second-order valence-electron chi connectivity index (χ2n) is 5.16. The van der Waals surface area contributed by atoms with Crippen molar-refractivity contribution in [2.75, 3.05) is 0 Å². The Labute approximate surface area is 134 Å². The van der Waals surface area contributed by atoms with Crippen molar-refractivity contribution in [3.8, 4) is 0 Å². The molecule has 2 aromatic rings. The number of halogens is 1. The zero-order valence-corrected chi connectivity index (χ0v) is 14.0. The van der Waals surface area contributed by atoms with Gasteiger partial charge in [-0.3, -0.25) is 4.79 Å². The molecule has 0 aliphatic heterocycles. The average molecular weight is 346 g/mol. The second-order valence-corrected chi connectivity index (χ2v) is 5.95. The van der Waals surface area contributed by atoms with Gasteiger partial charge in [-0.05, 0) is 46.5 Å². The van der Waals surface area contributed by atoms with Crippen molar-refractivity contribution in [2.45, 2.75) is 32.7 Å². The predicted octanol–water partition coefficient (Wildman–Crippen LogP) is 5.03. The summed E-state index contributed by atoms with van der Waals surface area (Å²) >= 11 is 3.51. The van der Waals surface area contributed by atoms with Crippen molar-refractivity contribution >= 4 is 21.8 Å². The number of hydrogen-bond acceptors (Lipinski definition) is 1. The molecule has 0 radical (unpaired) electrons. The lowest BCUT2D eigenvalue weighted by molar-refractivity contribution is 0.0933. The van der Waals surface area contributed by atoms with E-state index in [2.05, 4.69) is 40.3 Å². The molecule has 1 amide bonds. The van der Waals surface area contributed by atoms with E-state index in [9.17, 15) is 4.79 Å². The van der Waals surface area contributed by atoms with Gasteiger partial charge in [-0.25, -0.2) is 0 Å². The second kappa shape index (κ2) is 7.41. The van der Waals surface area contributed by atoms with E-state index in [-0.39, 0.29) is 11.9 Å². The number of nitrogens with one attached hydrogen (secondary N) is 1. The van der Waals surface area contributed by atoms with Crippen LogP contribution in [0.2, 0.25) is 0 Å². The molecule has 0 aliphatic rings. The average Bonchev–Trinajstić information content (AvgIpc) is 2.50. The molecule has 3 heteroatoms.